The van der Waals surface area contributed by atoms with Gasteiger partial charge in [-0.1, -0.05) is 11.8 Å². The van der Waals surface area contributed by atoms with Gasteiger partial charge in [-0.25, -0.2) is 8.78 Å². The van der Waals surface area contributed by atoms with Crippen LogP contribution in [0.15, 0.2) is 23.4 Å². The molecule has 112 valence electrons. The maximum Gasteiger partial charge on any atom is 0.237 e. The summed E-state index contributed by atoms with van der Waals surface area (Å²) in [6.45, 7) is 3.45. The summed E-state index contributed by atoms with van der Waals surface area (Å²) in [5.41, 5.74) is -0.179. The first-order valence-electron chi connectivity index (χ1n) is 6.17. The number of amides is 1. The smallest absolute Gasteiger partial charge is 0.237 e. The Bertz CT molecular complexity index is 674. The first-order valence-corrected chi connectivity index (χ1v) is 7.05. The van der Waals surface area contributed by atoms with E-state index < -0.39 is 22.8 Å². The number of nitrogens with zero attached hydrogens (tertiary/aromatic N) is 3. The van der Waals surface area contributed by atoms with E-state index in [2.05, 4.69) is 15.5 Å². The third kappa shape index (κ3) is 3.57. The van der Waals surface area contributed by atoms with Gasteiger partial charge in [0.05, 0.1) is 10.9 Å². The summed E-state index contributed by atoms with van der Waals surface area (Å²) in [5.74, 6) is -1.01. The summed E-state index contributed by atoms with van der Waals surface area (Å²) in [6.07, 6.45) is 0. The Hall–Kier alpha value is -1.96. The number of aryl methyl sites for hydroxylation is 1. The lowest BCUT2D eigenvalue weighted by molar-refractivity contribution is -0.115. The predicted octanol–water partition coefficient (Wildman–Crippen LogP) is 2.52. The van der Waals surface area contributed by atoms with Crippen LogP contribution in [0.5, 0.6) is 0 Å². The number of rotatable bonds is 4. The van der Waals surface area contributed by atoms with Crippen LogP contribution in [0.2, 0.25) is 0 Å². The van der Waals surface area contributed by atoms with Crippen molar-refractivity contribution in [3.05, 3.63) is 35.7 Å². The molecule has 0 aliphatic heterocycles. The van der Waals surface area contributed by atoms with Gasteiger partial charge in [-0.05, 0) is 26.0 Å². The number of benzene rings is 1. The Kier molecular flexibility index (Phi) is 4.56. The summed E-state index contributed by atoms with van der Waals surface area (Å²) in [4.78, 5) is 12.0. The molecular weight excluding hydrogens is 298 g/mol. The molecule has 2 rings (SSSR count). The Morgan fingerprint density at radius 1 is 1.38 bits per heavy atom. The number of halogens is 2. The van der Waals surface area contributed by atoms with Crippen molar-refractivity contribution in [1.29, 1.82) is 0 Å². The molecule has 0 fully saturated rings. The van der Waals surface area contributed by atoms with Gasteiger partial charge in [-0.15, -0.1) is 10.2 Å². The van der Waals surface area contributed by atoms with Gasteiger partial charge in [0.25, 0.3) is 0 Å². The van der Waals surface area contributed by atoms with Gasteiger partial charge >= 0.3 is 0 Å². The second-order valence-electron chi connectivity index (χ2n) is 4.46. The summed E-state index contributed by atoms with van der Waals surface area (Å²) >= 11 is 1.19. The number of carbonyl (C=O) groups excluding carboxylic acids is 1. The van der Waals surface area contributed by atoms with E-state index in [0.717, 1.165) is 24.0 Å². The highest BCUT2D eigenvalue weighted by atomic mass is 32.2. The van der Waals surface area contributed by atoms with Crippen molar-refractivity contribution in [3.63, 3.8) is 0 Å². The lowest BCUT2D eigenvalue weighted by Crippen LogP contribution is -2.23. The quantitative estimate of drug-likeness (QED) is 0.881. The first kappa shape index (κ1) is 15.4. The van der Waals surface area contributed by atoms with E-state index >= 15 is 0 Å². The molecule has 2 aromatic rings. The molecule has 0 spiro atoms. The molecule has 0 aliphatic rings. The van der Waals surface area contributed by atoms with Crippen LogP contribution in [0.4, 0.5) is 14.5 Å². The largest absolute Gasteiger partial charge is 0.323 e. The Balaban J connectivity index is 2.06. The second kappa shape index (κ2) is 6.21. The topological polar surface area (TPSA) is 59.8 Å². The number of aromatic nitrogens is 3. The fourth-order valence-electron chi connectivity index (χ4n) is 1.53. The molecule has 1 aromatic heterocycles. The molecule has 0 saturated heterocycles. The minimum Gasteiger partial charge on any atom is -0.323 e. The fourth-order valence-corrected chi connectivity index (χ4v) is 2.39. The van der Waals surface area contributed by atoms with Crippen LogP contribution in [0.25, 0.3) is 0 Å². The van der Waals surface area contributed by atoms with Crippen LogP contribution >= 0.6 is 11.8 Å². The van der Waals surface area contributed by atoms with Crippen LogP contribution in [0.3, 0.4) is 0 Å². The third-order valence-electron chi connectivity index (χ3n) is 2.89. The van der Waals surface area contributed by atoms with Crippen molar-refractivity contribution in [3.8, 4) is 0 Å². The van der Waals surface area contributed by atoms with Gasteiger partial charge < -0.3 is 9.88 Å². The molecule has 0 radical (unpaired) electrons. The fraction of sp³-hybridized carbons (Fsp3) is 0.308. The van der Waals surface area contributed by atoms with Crippen LogP contribution in [0.1, 0.15) is 12.7 Å². The number of carbonyl (C=O) groups is 1. The zero-order valence-electron chi connectivity index (χ0n) is 11.7. The summed E-state index contributed by atoms with van der Waals surface area (Å²) in [5, 5.41) is 10.2. The average molecular weight is 312 g/mol. The van der Waals surface area contributed by atoms with E-state index in [9.17, 15) is 13.6 Å². The van der Waals surface area contributed by atoms with E-state index in [1.807, 2.05) is 0 Å². The number of hydrogen-bond donors (Lipinski definition) is 1. The van der Waals surface area contributed by atoms with Crippen molar-refractivity contribution < 1.29 is 13.6 Å². The van der Waals surface area contributed by atoms with Crippen LogP contribution in [-0.2, 0) is 11.8 Å². The van der Waals surface area contributed by atoms with E-state index in [1.54, 1.807) is 25.5 Å². The Morgan fingerprint density at radius 3 is 2.71 bits per heavy atom. The molecule has 8 heteroatoms. The molecule has 0 unspecified atom stereocenters. The van der Waals surface area contributed by atoms with Gasteiger partial charge in [-0.3, -0.25) is 4.79 Å². The van der Waals surface area contributed by atoms with E-state index in [0.29, 0.717) is 5.16 Å². The molecule has 1 atom stereocenters. The highest BCUT2D eigenvalue weighted by molar-refractivity contribution is 8.00. The Morgan fingerprint density at radius 2 is 2.10 bits per heavy atom. The third-order valence-corrected chi connectivity index (χ3v) is 4.02. The number of hydrogen-bond acceptors (Lipinski definition) is 4. The van der Waals surface area contributed by atoms with Gasteiger partial charge in [0.15, 0.2) is 5.16 Å². The predicted molar refractivity (Wildman–Crippen MR) is 76.0 cm³/mol. The lowest BCUT2D eigenvalue weighted by atomic mass is 10.3. The van der Waals surface area contributed by atoms with E-state index in [4.69, 9.17) is 0 Å². The van der Waals surface area contributed by atoms with Gasteiger partial charge in [-0.2, -0.15) is 0 Å². The molecule has 0 saturated carbocycles. The molecule has 1 N–H and O–H groups in total. The van der Waals surface area contributed by atoms with Crippen LogP contribution < -0.4 is 5.32 Å². The maximum atomic E-state index is 13.5. The van der Waals surface area contributed by atoms with Crippen molar-refractivity contribution in [2.75, 3.05) is 5.32 Å². The van der Waals surface area contributed by atoms with Crippen molar-refractivity contribution in [2.24, 2.45) is 7.05 Å². The molecule has 5 nitrogen and oxygen atoms in total. The molecule has 1 heterocycles. The molecule has 0 bridgehead atoms. The standard InChI is InChI=1S/C13H14F2N4OS/c1-7(21-13-18-17-8(2)19(13)3)12(20)16-11-6-9(14)4-5-10(11)15/h4-7H,1-3H3,(H,16,20)/t7-/m1/s1. The average Bonchev–Trinajstić information content (AvgIpc) is 2.74. The zero-order chi connectivity index (χ0) is 15.6. The number of anilines is 1. The van der Waals surface area contributed by atoms with Gasteiger partial charge in [0.2, 0.25) is 5.91 Å². The molecule has 0 aliphatic carbocycles. The van der Waals surface area contributed by atoms with E-state index in [1.165, 1.54) is 11.8 Å². The normalized spacial score (nSPS) is 12.2. The van der Waals surface area contributed by atoms with Gasteiger partial charge in [0.1, 0.15) is 17.5 Å². The van der Waals surface area contributed by atoms with Crippen LogP contribution in [0, 0.1) is 18.6 Å². The Labute approximate surface area is 124 Å². The number of nitrogens with one attached hydrogen (secondary N) is 1. The summed E-state index contributed by atoms with van der Waals surface area (Å²) in [7, 11) is 1.79. The minimum absolute atomic E-state index is 0.179. The zero-order valence-corrected chi connectivity index (χ0v) is 12.5. The van der Waals surface area contributed by atoms with Crippen LogP contribution in [-0.4, -0.2) is 25.9 Å². The SMILES string of the molecule is Cc1nnc(S[C@H](C)C(=O)Nc2cc(F)ccc2F)n1C. The molecule has 1 amide bonds. The van der Waals surface area contributed by atoms with Crippen molar-refractivity contribution in [2.45, 2.75) is 24.3 Å². The molecular formula is C13H14F2N4OS. The highest BCUT2D eigenvalue weighted by Crippen LogP contribution is 2.23. The maximum absolute atomic E-state index is 13.5. The van der Waals surface area contributed by atoms with E-state index in [-0.39, 0.29) is 5.69 Å². The summed E-state index contributed by atoms with van der Waals surface area (Å²) < 4.78 is 28.3. The highest BCUT2D eigenvalue weighted by Gasteiger charge is 2.19. The van der Waals surface area contributed by atoms with Crippen molar-refractivity contribution in [1.82, 2.24) is 14.8 Å². The number of thioether (sulfide) groups is 1. The second-order valence-corrected chi connectivity index (χ2v) is 5.77. The van der Waals surface area contributed by atoms with Crippen molar-refractivity contribution >= 4 is 23.4 Å². The monoisotopic (exact) mass is 312 g/mol. The lowest BCUT2D eigenvalue weighted by Gasteiger charge is -2.12. The first-order chi connectivity index (χ1) is 9.88. The molecule has 21 heavy (non-hydrogen) atoms. The van der Waals surface area contributed by atoms with Gasteiger partial charge in [0, 0.05) is 13.1 Å². The molecule has 1 aromatic carbocycles. The summed E-state index contributed by atoms with van der Waals surface area (Å²) in [6, 6.07) is 2.90. The minimum atomic E-state index is -0.684.